The summed E-state index contributed by atoms with van der Waals surface area (Å²) in [5.41, 5.74) is 1.41. The van der Waals surface area contributed by atoms with Crippen molar-refractivity contribution in [1.82, 2.24) is 10.2 Å². The van der Waals surface area contributed by atoms with Crippen LogP contribution in [0.3, 0.4) is 0 Å². The standard InChI is InChI=1S/C26H33FN2O2/c1-2-11-25(30)29(19-21-14-9-10-17-23(21)27)24(18-20-12-5-3-6-13-20)26(31)28-22-15-7-4-8-16-22/h3,5-6,9-10,12-14,17,22,24H,2,4,7-8,11,15-16,18-19H2,1H3,(H,28,31). The van der Waals surface area contributed by atoms with Crippen LogP contribution < -0.4 is 5.32 Å². The number of amides is 2. The third-order valence-corrected chi connectivity index (χ3v) is 5.99. The van der Waals surface area contributed by atoms with Crippen LogP contribution in [0, 0.1) is 5.82 Å². The van der Waals surface area contributed by atoms with Crippen LogP contribution in [0.2, 0.25) is 0 Å². The van der Waals surface area contributed by atoms with Crippen molar-refractivity contribution in [3.63, 3.8) is 0 Å². The quantitative estimate of drug-likeness (QED) is 0.615. The maximum absolute atomic E-state index is 14.4. The number of hydrogen-bond donors (Lipinski definition) is 1. The third kappa shape index (κ3) is 6.65. The van der Waals surface area contributed by atoms with E-state index in [0.29, 0.717) is 24.8 Å². The fourth-order valence-corrected chi connectivity index (χ4v) is 4.27. The zero-order chi connectivity index (χ0) is 22.1. The molecule has 0 heterocycles. The zero-order valence-electron chi connectivity index (χ0n) is 18.4. The van der Waals surface area contributed by atoms with Crippen molar-refractivity contribution in [2.45, 2.75) is 76.9 Å². The van der Waals surface area contributed by atoms with Crippen LogP contribution in [0.1, 0.15) is 63.0 Å². The molecule has 0 saturated heterocycles. The molecule has 1 saturated carbocycles. The monoisotopic (exact) mass is 424 g/mol. The number of rotatable bonds is 9. The van der Waals surface area contributed by atoms with Crippen molar-refractivity contribution < 1.29 is 14.0 Å². The Morgan fingerprint density at radius 2 is 1.71 bits per heavy atom. The van der Waals surface area contributed by atoms with E-state index in [1.165, 1.54) is 12.5 Å². The molecule has 1 N–H and O–H groups in total. The van der Waals surface area contributed by atoms with Gasteiger partial charge in [0.2, 0.25) is 11.8 Å². The minimum absolute atomic E-state index is 0.0844. The van der Waals surface area contributed by atoms with Crippen LogP contribution in [0.15, 0.2) is 54.6 Å². The second-order valence-corrected chi connectivity index (χ2v) is 8.41. The Hall–Kier alpha value is -2.69. The average molecular weight is 425 g/mol. The van der Waals surface area contributed by atoms with Crippen molar-refractivity contribution in [2.75, 3.05) is 0 Å². The van der Waals surface area contributed by atoms with Gasteiger partial charge in [0.05, 0.1) is 0 Å². The zero-order valence-corrected chi connectivity index (χ0v) is 18.4. The average Bonchev–Trinajstić information content (AvgIpc) is 2.79. The Labute approximate surface area is 184 Å². The molecule has 31 heavy (non-hydrogen) atoms. The molecule has 1 aliphatic rings. The van der Waals surface area contributed by atoms with E-state index in [-0.39, 0.29) is 30.2 Å². The maximum atomic E-state index is 14.4. The van der Waals surface area contributed by atoms with Crippen molar-refractivity contribution in [3.8, 4) is 0 Å². The lowest BCUT2D eigenvalue weighted by Gasteiger charge is -2.33. The summed E-state index contributed by atoms with van der Waals surface area (Å²) in [5, 5.41) is 3.19. The van der Waals surface area contributed by atoms with Crippen molar-refractivity contribution in [1.29, 1.82) is 0 Å². The molecule has 1 atom stereocenters. The highest BCUT2D eigenvalue weighted by Crippen LogP contribution is 2.21. The van der Waals surface area contributed by atoms with Gasteiger partial charge in [-0.05, 0) is 30.9 Å². The molecule has 0 bridgehead atoms. The van der Waals surface area contributed by atoms with Crippen LogP contribution in [-0.4, -0.2) is 28.8 Å². The molecule has 2 aromatic carbocycles. The van der Waals surface area contributed by atoms with E-state index in [9.17, 15) is 14.0 Å². The van der Waals surface area contributed by atoms with Gasteiger partial charge in [0.1, 0.15) is 11.9 Å². The predicted molar refractivity (Wildman–Crippen MR) is 121 cm³/mol. The van der Waals surface area contributed by atoms with Crippen molar-refractivity contribution >= 4 is 11.8 Å². The molecular formula is C26H33FN2O2. The molecule has 0 radical (unpaired) electrons. The first-order valence-corrected chi connectivity index (χ1v) is 11.5. The molecule has 4 nitrogen and oxygen atoms in total. The largest absolute Gasteiger partial charge is 0.352 e. The third-order valence-electron chi connectivity index (χ3n) is 5.99. The molecule has 5 heteroatoms. The summed E-state index contributed by atoms with van der Waals surface area (Å²) in [5.74, 6) is -0.620. The van der Waals surface area contributed by atoms with Crippen LogP contribution in [-0.2, 0) is 22.6 Å². The summed E-state index contributed by atoms with van der Waals surface area (Å²) < 4.78 is 14.4. The normalized spacial score (nSPS) is 15.3. The van der Waals surface area contributed by atoms with Gasteiger partial charge in [-0.1, -0.05) is 74.7 Å². The fourth-order valence-electron chi connectivity index (χ4n) is 4.27. The summed E-state index contributed by atoms with van der Waals surface area (Å²) in [7, 11) is 0. The molecule has 2 amide bonds. The molecule has 2 aromatic rings. The van der Waals surface area contributed by atoms with E-state index < -0.39 is 6.04 Å². The Morgan fingerprint density at radius 1 is 1.03 bits per heavy atom. The first-order valence-electron chi connectivity index (χ1n) is 11.5. The lowest BCUT2D eigenvalue weighted by atomic mass is 9.94. The number of benzene rings is 2. The van der Waals surface area contributed by atoms with Gasteiger partial charge in [-0.15, -0.1) is 0 Å². The second kappa shape index (κ2) is 11.6. The van der Waals surface area contributed by atoms with E-state index >= 15 is 0 Å². The topological polar surface area (TPSA) is 49.4 Å². The van der Waals surface area contributed by atoms with Gasteiger partial charge in [-0.25, -0.2) is 4.39 Å². The lowest BCUT2D eigenvalue weighted by molar-refractivity contribution is -0.141. The van der Waals surface area contributed by atoms with Gasteiger partial charge >= 0.3 is 0 Å². The van der Waals surface area contributed by atoms with Crippen LogP contribution >= 0.6 is 0 Å². The molecule has 1 aliphatic carbocycles. The number of halogens is 1. The molecular weight excluding hydrogens is 391 g/mol. The van der Waals surface area contributed by atoms with E-state index in [4.69, 9.17) is 0 Å². The Bertz CT molecular complexity index is 849. The van der Waals surface area contributed by atoms with E-state index in [2.05, 4.69) is 5.32 Å². The first kappa shape index (κ1) is 23.0. The molecule has 0 aromatic heterocycles. The van der Waals surface area contributed by atoms with Crippen molar-refractivity contribution in [3.05, 3.63) is 71.5 Å². The van der Waals surface area contributed by atoms with Crippen LogP contribution in [0.5, 0.6) is 0 Å². The van der Waals surface area contributed by atoms with Gasteiger partial charge < -0.3 is 10.2 Å². The molecule has 3 rings (SSSR count). The molecule has 0 aliphatic heterocycles. The smallest absolute Gasteiger partial charge is 0.243 e. The van der Waals surface area contributed by atoms with Gasteiger partial charge in [0.25, 0.3) is 0 Å². The van der Waals surface area contributed by atoms with Crippen molar-refractivity contribution in [2.24, 2.45) is 0 Å². The van der Waals surface area contributed by atoms with Crippen LogP contribution in [0.4, 0.5) is 4.39 Å². The minimum atomic E-state index is -0.678. The molecule has 1 unspecified atom stereocenters. The second-order valence-electron chi connectivity index (χ2n) is 8.41. The van der Waals surface area contributed by atoms with Gasteiger partial charge in [-0.2, -0.15) is 0 Å². The molecule has 0 spiro atoms. The summed E-state index contributed by atoms with van der Waals surface area (Å²) in [6.07, 6.45) is 6.78. The lowest BCUT2D eigenvalue weighted by Crippen LogP contribution is -2.52. The Kier molecular flexibility index (Phi) is 8.63. The highest BCUT2D eigenvalue weighted by Gasteiger charge is 2.31. The molecule has 166 valence electrons. The summed E-state index contributed by atoms with van der Waals surface area (Å²) in [6, 6.07) is 15.7. The van der Waals surface area contributed by atoms with Gasteiger partial charge in [0, 0.05) is 31.0 Å². The first-order chi connectivity index (χ1) is 15.1. The Balaban J connectivity index is 1.89. The van der Waals surface area contributed by atoms with E-state index in [0.717, 1.165) is 31.2 Å². The summed E-state index contributed by atoms with van der Waals surface area (Å²) in [4.78, 5) is 28.1. The molecule has 1 fully saturated rings. The number of nitrogens with zero attached hydrogens (tertiary/aromatic N) is 1. The van der Waals surface area contributed by atoms with Crippen LogP contribution in [0.25, 0.3) is 0 Å². The van der Waals surface area contributed by atoms with Gasteiger partial charge in [0.15, 0.2) is 0 Å². The van der Waals surface area contributed by atoms with Gasteiger partial charge in [-0.3, -0.25) is 9.59 Å². The highest BCUT2D eigenvalue weighted by atomic mass is 19.1. The summed E-state index contributed by atoms with van der Waals surface area (Å²) >= 11 is 0. The minimum Gasteiger partial charge on any atom is -0.352 e. The number of carbonyl (C=O) groups is 2. The number of hydrogen-bond acceptors (Lipinski definition) is 2. The number of carbonyl (C=O) groups excluding carboxylic acids is 2. The Morgan fingerprint density at radius 3 is 2.39 bits per heavy atom. The maximum Gasteiger partial charge on any atom is 0.243 e. The SMILES string of the molecule is CCCC(=O)N(Cc1ccccc1F)C(Cc1ccccc1)C(=O)NC1CCCCC1. The van der Waals surface area contributed by atoms with E-state index in [1.54, 1.807) is 23.1 Å². The van der Waals surface area contributed by atoms with E-state index in [1.807, 2.05) is 37.3 Å². The highest BCUT2D eigenvalue weighted by molar-refractivity contribution is 5.88. The number of nitrogens with one attached hydrogen (secondary N) is 1. The fraction of sp³-hybridized carbons (Fsp3) is 0.462. The predicted octanol–water partition coefficient (Wildman–Crippen LogP) is 5.01. The summed E-state index contributed by atoms with van der Waals surface area (Å²) in [6.45, 7) is 2.02.